The molecule has 0 aliphatic carbocycles. The Morgan fingerprint density at radius 3 is 2.34 bits per heavy atom. The zero-order valence-electron chi connectivity index (χ0n) is 23.0. The van der Waals surface area contributed by atoms with E-state index in [0.29, 0.717) is 41.9 Å². The number of aliphatic carboxylic acids is 1. The lowest BCUT2D eigenvalue weighted by Gasteiger charge is -2.09. The third-order valence-corrected chi connectivity index (χ3v) is 8.64. The van der Waals surface area contributed by atoms with E-state index in [1.165, 1.54) is 5.39 Å². The summed E-state index contributed by atoms with van der Waals surface area (Å²) in [6.07, 6.45) is -3.08. The third kappa shape index (κ3) is 6.36. The van der Waals surface area contributed by atoms with Gasteiger partial charge in [-0.3, -0.25) is 4.98 Å². The number of carboxylic acids is 1. The van der Waals surface area contributed by atoms with Crippen LogP contribution in [0.15, 0.2) is 107 Å². The molecule has 0 aliphatic rings. The lowest BCUT2D eigenvalue weighted by atomic mass is 10.1. The molecule has 4 N–H and O–H groups in total. The van der Waals surface area contributed by atoms with E-state index in [9.17, 15) is 21.6 Å². The van der Waals surface area contributed by atoms with Gasteiger partial charge in [0.15, 0.2) is 0 Å². The fourth-order valence-corrected chi connectivity index (χ4v) is 6.50. The Morgan fingerprint density at radius 2 is 1.61 bits per heavy atom. The average Bonchev–Trinajstić information content (AvgIpc) is 3.38. The van der Waals surface area contributed by atoms with Crippen molar-refractivity contribution in [2.24, 2.45) is 5.73 Å². The second-order valence-electron chi connectivity index (χ2n) is 9.79. The Kier molecular flexibility index (Phi) is 8.56. The number of pyridine rings is 1. The number of para-hydroxylation sites is 1. The summed E-state index contributed by atoms with van der Waals surface area (Å²) < 4.78 is 65.6. The van der Waals surface area contributed by atoms with Crippen LogP contribution in [0, 0.1) is 0 Å². The SMILES string of the molecule is NCCc1c(S(=O)(=O)c2cccc3cccnc23)[nH]c2ccc(OCc3ccc4ccccc4c3)cc12.O=C(O)C(F)(F)F. The van der Waals surface area contributed by atoms with Gasteiger partial charge >= 0.3 is 12.1 Å². The van der Waals surface area contributed by atoms with Crippen LogP contribution >= 0.6 is 0 Å². The molecule has 0 radical (unpaired) electrons. The number of aromatic nitrogens is 2. The van der Waals surface area contributed by atoms with Crippen molar-refractivity contribution in [2.75, 3.05) is 6.54 Å². The number of aromatic amines is 1. The van der Waals surface area contributed by atoms with Gasteiger partial charge in [0.2, 0.25) is 9.84 Å². The molecule has 0 amide bonds. The maximum absolute atomic E-state index is 13.9. The molecule has 0 aliphatic heterocycles. The van der Waals surface area contributed by atoms with Crippen molar-refractivity contribution in [3.05, 3.63) is 108 Å². The smallest absolute Gasteiger partial charge is 0.489 e. The van der Waals surface area contributed by atoms with Crippen LogP contribution in [0.5, 0.6) is 5.75 Å². The van der Waals surface area contributed by atoms with Crippen molar-refractivity contribution in [1.29, 1.82) is 0 Å². The highest BCUT2D eigenvalue weighted by Gasteiger charge is 2.38. The fraction of sp³-hybridized carbons (Fsp3) is 0.125. The van der Waals surface area contributed by atoms with Crippen molar-refractivity contribution in [1.82, 2.24) is 9.97 Å². The highest BCUT2D eigenvalue weighted by molar-refractivity contribution is 7.91. The summed E-state index contributed by atoms with van der Waals surface area (Å²) in [6, 6.07) is 28.9. The van der Waals surface area contributed by atoms with E-state index in [-0.39, 0.29) is 9.92 Å². The highest BCUT2D eigenvalue weighted by atomic mass is 32.2. The van der Waals surface area contributed by atoms with Gasteiger partial charge in [0.05, 0.1) is 10.4 Å². The largest absolute Gasteiger partial charge is 0.490 e. The minimum atomic E-state index is -5.08. The normalized spacial score (nSPS) is 11.8. The molecule has 0 atom stereocenters. The highest BCUT2D eigenvalue weighted by Crippen LogP contribution is 2.34. The topological polar surface area (TPSA) is 135 Å². The number of nitrogens with one attached hydrogen (secondary N) is 1. The van der Waals surface area contributed by atoms with E-state index >= 15 is 0 Å². The Balaban J connectivity index is 0.000000493. The van der Waals surface area contributed by atoms with Gasteiger partial charge in [-0.25, -0.2) is 13.2 Å². The molecule has 0 saturated heterocycles. The summed E-state index contributed by atoms with van der Waals surface area (Å²) in [5.41, 5.74) is 8.79. The van der Waals surface area contributed by atoms with Gasteiger partial charge in [0, 0.05) is 22.5 Å². The molecule has 0 bridgehead atoms. The summed E-state index contributed by atoms with van der Waals surface area (Å²) in [7, 11) is -3.88. The molecule has 12 heteroatoms. The number of fused-ring (bicyclic) bond motifs is 3. The van der Waals surface area contributed by atoms with E-state index in [0.717, 1.165) is 21.7 Å². The zero-order chi connectivity index (χ0) is 31.5. The van der Waals surface area contributed by atoms with Crippen LogP contribution in [0.2, 0.25) is 0 Å². The van der Waals surface area contributed by atoms with Crippen LogP contribution in [0.1, 0.15) is 11.1 Å². The molecule has 0 spiro atoms. The molecule has 2 aromatic heterocycles. The van der Waals surface area contributed by atoms with Crippen LogP contribution in [0.3, 0.4) is 0 Å². The molecule has 44 heavy (non-hydrogen) atoms. The minimum Gasteiger partial charge on any atom is -0.489 e. The first-order valence-electron chi connectivity index (χ1n) is 13.3. The molecule has 0 unspecified atom stereocenters. The summed E-state index contributed by atoms with van der Waals surface area (Å²) >= 11 is 0. The van der Waals surface area contributed by atoms with Crippen molar-refractivity contribution < 1.29 is 36.2 Å². The molecular formula is C32H26F3N3O5S. The van der Waals surface area contributed by atoms with E-state index in [1.807, 2.05) is 42.5 Å². The number of carbonyl (C=O) groups is 1. The number of benzene rings is 4. The van der Waals surface area contributed by atoms with Crippen LogP contribution in [-0.4, -0.2) is 42.2 Å². The number of sulfone groups is 1. The summed E-state index contributed by atoms with van der Waals surface area (Å²) in [5.74, 6) is -2.10. The standard InChI is InChI=1S/C30H25N3O3S.C2HF3O2/c31-15-14-25-26-18-24(36-19-20-10-11-21-5-1-2-6-23(21)17-20)12-13-27(26)33-30(25)37(34,35)28-9-3-7-22-8-4-16-32-29(22)28;3-2(4,5)1(6)7/h1-13,16-18,33H,14-15,19,31H2;(H,6,7). The molecule has 8 nitrogen and oxygen atoms in total. The number of alkyl halides is 3. The first-order chi connectivity index (χ1) is 21.0. The Labute approximate surface area is 249 Å². The van der Waals surface area contributed by atoms with Gasteiger partial charge in [0.1, 0.15) is 17.4 Å². The van der Waals surface area contributed by atoms with Crippen molar-refractivity contribution in [3.8, 4) is 5.75 Å². The second-order valence-corrected chi connectivity index (χ2v) is 11.6. The summed E-state index contributed by atoms with van der Waals surface area (Å²) in [4.78, 5) is 16.6. The van der Waals surface area contributed by atoms with Gasteiger partial charge in [0.25, 0.3) is 0 Å². The van der Waals surface area contributed by atoms with E-state index < -0.39 is 22.0 Å². The number of H-pyrrole nitrogens is 1. The Bertz CT molecular complexity index is 2090. The summed E-state index contributed by atoms with van der Waals surface area (Å²) in [5, 5.41) is 11.2. The maximum Gasteiger partial charge on any atom is 0.490 e. The van der Waals surface area contributed by atoms with Gasteiger partial charge in [-0.05, 0) is 71.3 Å². The van der Waals surface area contributed by atoms with Gasteiger partial charge < -0.3 is 20.6 Å². The molecule has 226 valence electrons. The average molecular weight is 622 g/mol. The van der Waals surface area contributed by atoms with Crippen LogP contribution in [0.25, 0.3) is 32.6 Å². The van der Waals surface area contributed by atoms with Crippen molar-refractivity contribution in [3.63, 3.8) is 0 Å². The predicted octanol–water partition coefficient (Wildman–Crippen LogP) is 6.42. The van der Waals surface area contributed by atoms with Gasteiger partial charge in [-0.2, -0.15) is 13.2 Å². The Morgan fingerprint density at radius 1 is 0.909 bits per heavy atom. The Hall–Kier alpha value is -4.94. The first-order valence-corrected chi connectivity index (χ1v) is 14.8. The quantitative estimate of drug-likeness (QED) is 0.187. The zero-order valence-corrected chi connectivity index (χ0v) is 23.8. The number of nitrogens with zero attached hydrogens (tertiary/aromatic N) is 1. The number of ether oxygens (including phenoxy) is 1. The number of hydrogen-bond acceptors (Lipinski definition) is 6. The molecular weight excluding hydrogens is 595 g/mol. The number of hydrogen-bond donors (Lipinski definition) is 3. The minimum absolute atomic E-state index is 0.151. The molecule has 0 fully saturated rings. The number of rotatable bonds is 7. The maximum atomic E-state index is 13.9. The van der Waals surface area contributed by atoms with E-state index in [2.05, 4.69) is 40.3 Å². The van der Waals surface area contributed by atoms with Gasteiger partial charge in [-0.1, -0.05) is 54.6 Å². The molecule has 6 aromatic rings. The third-order valence-electron chi connectivity index (χ3n) is 6.85. The first kappa shape index (κ1) is 30.5. The van der Waals surface area contributed by atoms with E-state index in [1.54, 1.807) is 24.4 Å². The molecule has 6 rings (SSSR count). The van der Waals surface area contributed by atoms with Crippen molar-refractivity contribution in [2.45, 2.75) is 29.1 Å². The molecule has 2 heterocycles. The molecule has 4 aromatic carbocycles. The van der Waals surface area contributed by atoms with Crippen LogP contribution in [0.4, 0.5) is 13.2 Å². The number of carboxylic acid groups (broad SMARTS) is 1. The lowest BCUT2D eigenvalue weighted by Crippen LogP contribution is -2.21. The van der Waals surface area contributed by atoms with E-state index in [4.69, 9.17) is 20.4 Å². The molecule has 0 saturated carbocycles. The van der Waals surface area contributed by atoms with Crippen LogP contribution < -0.4 is 10.5 Å². The van der Waals surface area contributed by atoms with Crippen molar-refractivity contribution >= 4 is 48.4 Å². The number of nitrogens with two attached hydrogens (primary N) is 1. The fourth-order valence-electron chi connectivity index (χ4n) is 4.81. The lowest BCUT2D eigenvalue weighted by molar-refractivity contribution is -0.192. The summed E-state index contributed by atoms with van der Waals surface area (Å²) in [6.45, 7) is 0.714. The monoisotopic (exact) mass is 621 g/mol. The predicted molar refractivity (Wildman–Crippen MR) is 160 cm³/mol. The van der Waals surface area contributed by atoms with Gasteiger partial charge in [-0.15, -0.1) is 0 Å². The second kappa shape index (κ2) is 12.3. The number of halogens is 3. The van der Waals surface area contributed by atoms with Crippen LogP contribution in [-0.2, 0) is 27.7 Å².